The van der Waals surface area contributed by atoms with E-state index >= 15 is 0 Å². The van der Waals surface area contributed by atoms with Gasteiger partial charge in [0.1, 0.15) is 12.1 Å². The van der Waals surface area contributed by atoms with Gasteiger partial charge in [-0.25, -0.2) is 0 Å². The molecule has 0 saturated heterocycles. The highest BCUT2D eigenvalue weighted by Crippen LogP contribution is 2.26. The smallest absolute Gasteiger partial charge is 0.249 e. The summed E-state index contributed by atoms with van der Waals surface area (Å²) >= 11 is 0. The molecule has 110 valence electrons. The summed E-state index contributed by atoms with van der Waals surface area (Å²) in [7, 11) is 0. The van der Waals surface area contributed by atoms with E-state index in [0.29, 0.717) is 12.3 Å². The summed E-state index contributed by atoms with van der Waals surface area (Å²) in [4.78, 5) is 22.9. The van der Waals surface area contributed by atoms with Crippen LogP contribution in [0.15, 0.2) is 0 Å². The Balaban J connectivity index is 2.47. The zero-order valence-electron chi connectivity index (χ0n) is 12.1. The minimum atomic E-state index is -0.657. The molecule has 0 aromatic rings. The maximum Gasteiger partial charge on any atom is 0.249 e. The maximum atomic E-state index is 12.0. The van der Waals surface area contributed by atoms with Crippen LogP contribution in [0.1, 0.15) is 52.9 Å². The highest BCUT2D eigenvalue weighted by Gasteiger charge is 2.27. The molecule has 1 fully saturated rings. The largest absolute Gasteiger partial charge is 0.368 e. The molecule has 5 heteroatoms. The predicted octanol–water partition coefficient (Wildman–Crippen LogP) is 1.35. The zero-order chi connectivity index (χ0) is 14.4. The zero-order valence-corrected chi connectivity index (χ0v) is 12.1. The van der Waals surface area contributed by atoms with Crippen molar-refractivity contribution in [1.82, 2.24) is 5.32 Å². The molecule has 0 spiro atoms. The van der Waals surface area contributed by atoms with E-state index < -0.39 is 18.1 Å². The van der Waals surface area contributed by atoms with Crippen molar-refractivity contribution in [3.05, 3.63) is 0 Å². The van der Waals surface area contributed by atoms with E-state index in [2.05, 4.69) is 12.2 Å². The monoisotopic (exact) mass is 270 g/mol. The summed E-state index contributed by atoms with van der Waals surface area (Å²) in [5, 5.41) is 2.59. The van der Waals surface area contributed by atoms with Crippen molar-refractivity contribution in [1.29, 1.82) is 0 Å². The quantitative estimate of drug-likeness (QED) is 0.764. The third-order valence-corrected chi connectivity index (χ3v) is 3.69. The number of nitrogens with two attached hydrogens (primary N) is 1. The number of hydrogen-bond donors (Lipinski definition) is 2. The van der Waals surface area contributed by atoms with Gasteiger partial charge >= 0.3 is 0 Å². The van der Waals surface area contributed by atoms with Gasteiger partial charge in [0.15, 0.2) is 0 Å². The molecule has 0 aromatic heterocycles. The number of primary amides is 1. The molecule has 1 saturated carbocycles. The molecule has 1 aliphatic rings. The summed E-state index contributed by atoms with van der Waals surface area (Å²) in [5.74, 6) is -0.120. The van der Waals surface area contributed by atoms with Gasteiger partial charge in [0.25, 0.3) is 0 Å². The van der Waals surface area contributed by atoms with Gasteiger partial charge in [-0.15, -0.1) is 0 Å². The second-order valence-corrected chi connectivity index (χ2v) is 5.56. The van der Waals surface area contributed by atoms with Crippen molar-refractivity contribution in [2.75, 3.05) is 0 Å². The summed E-state index contributed by atoms with van der Waals surface area (Å²) in [6.07, 6.45) is 4.68. The van der Waals surface area contributed by atoms with Crippen molar-refractivity contribution in [2.45, 2.75) is 71.1 Å². The molecule has 0 aromatic carbocycles. The van der Waals surface area contributed by atoms with Crippen LogP contribution >= 0.6 is 0 Å². The Morgan fingerprint density at radius 1 is 1.42 bits per heavy atom. The second kappa shape index (κ2) is 7.48. The van der Waals surface area contributed by atoms with Crippen LogP contribution in [0.3, 0.4) is 0 Å². The molecular formula is C14H26N2O3. The molecule has 0 bridgehead atoms. The molecular weight excluding hydrogens is 244 g/mol. The number of amides is 2. The van der Waals surface area contributed by atoms with E-state index in [-0.39, 0.29) is 12.0 Å². The number of ether oxygens (including phenoxy) is 1. The molecule has 1 rings (SSSR count). The van der Waals surface area contributed by atoms with Crippen LogP contribution in [-0.4, -0.2) is 30.1 Å². The Hall–Kier alpha value is -1.10. The van der Waals surface area contributed by atoms with Crippen LogP contribution in [-0.2, 0) is 14.3 Å². The molecule has 3 N–H and O–H groups in total. The van der Waals surface area contributed by atoms with Gasteiger partial charge in [-0.2, -0.15) is 0 Å². The Labute approximate surface area is 115 Å². The second-order valence-electron chi connectivity index (χ2n) is 5.56. The first-order valence-corrected chi connectivity index (χ1v) is 7.19. The fourth-order valence-electron chi connectivity index (χ4n) is 2.46. The Morgan fingerprint density at radius 2 is 2.11 bits per heavy atom. The number of hydrogen-bond acceptors (Lipinski definition) is 3. The van der Waals surface area contributed by atoms with Crippen LogP contribution in [0.4, 0.5) is 0 Å². The van der Waals surface area contributed by atoms with Gasteiger partial charge in [-0.3, -0.25) is 9.59 Å². The molecule has 4 atom stereocenters. The number of nitrogens with one attached hydrogen (secondary N) is 1. The molecule has 0 heterocycles. The minimum Gasteiger partial charge on any atom is -0.368 e. The fourth-order valence-corrected chi connectivity index (χ4v) is 2.46. The highest BCUT2D eigenvalue weighted by atomic mass is 16.5. The molecule has 5 nitrogen and oxygen atoms in total. The summed E-state index contributed by atoms with van der Waals surface area (Å²) < 4.78 is 5.89. The van der Waals surface area contributed by atoms with Crippen molar-refractivity contribution < 1.29 is 14.3 Å². The lowest BCUT2D eigenvalue weighted by Gasteiger charge is -2.30. The Morgan fingerprint density at radius 3 is 2.63 bits per heavy atom. The lowest BCUT2D eigenvalue weighted by molar-refractivity contribution is -0.141. The van der Waals surface area contributed by atoms with Crippen molar-refractivity contribution in [3.8, 4) is 0 Å². The average molecular weight is 270 g/mol. The van der Waals surface area contributed by atoms with Gasteiger partial charge in [0.05, 0.1) is 6.10 Å². The lowest BCUT2D eigenvalue weighted by atomic mass is 9.88. The van der Waals surface area contributed by atoms with Crippen LogP contribution < -0.4 is 11.1 Å². The summed E-state index contributed by atoms with van der Waals surface area (Å²) in [6, 6.07) is -0.657. The molecule has 0 unspecified atom stereocenters. The van der Waals surface area contributed by atoms with E-state index in [9.17, 15) is 9.59 Å². The van der Waals surface area contributed by atoms with Crippen LogP contribution in [0, 0.1) is 5.92 Å². The number of carbonyl (C=O) groups excluding carboxylic acids is 2. The van der Waals surface area contributed by atoms with Crippen LogP contribution in [0.25, 0.3) is 0 Å². The Kier molecular flexibility index (Phi) is 6.28. The summed E-state index contributed by atoms with van der Waals surface area (Å²) in [6.45, 7) is 5.70. The van der Waals surface area contributed by atoms with Crippen LogP contribution in [0.2, 0.25) is 0 Å². The molecule has 0 radical (unpaired) electrons. The van der Waals surface area contributed by atoms with E-state index in [4.69, 9.17) is 10.5 Å². The van der Waals surface area contributed by atoms with E-state index in [0.717, 1.165) is 19.3 Å². The van der Waals surface area contributed by atoms with Gasteiger partial charge < -0.3 is 15.8 Å². The maximum absolute atomic E-state index is 12.0. The molecule has 0 aliphatic heterocycles. The standard InChI is InChI=1S/C14H26N2O3/c1-4-12(14(18)16-10(3)13(15)17)19-11-7-5-6-9(2)8-11/h9-12H,4-8H2,1-3H3,(H2,15,17)(H,16,18)/t9-,10-,11+,12-/m0/s1. The molecule has 1 aliphatic carbocycles. The van der Waals surface area contributed by atoms with Crippen molar-refractivity contribution in [2.24, 2.45) is 11.7 Å². The van der Waals surface area contributed by atoms with Gasteiger partial charge in [-0.05, 0) is 32.1 Å². The fraction of sp³-hybridized carbons (Fsp3) is 0.857. The van der Waals surface area contributed by atoms with Crippen molar-refractivity contribution >= 4 is 11.8 Å². The normalized spacial score (nSPS) is 26.5. The Bertz CT molecular complexity index is 320. The van der Waals surface area contributed by atoms with E-state index in [1.165, 1.54) is 6.42 Å². The van der Waals surface area contributed by atoms with Crippen molar-refractivity contribution in [3.63, 3.8) is 0 Å². The first-order chi connectivity index (χ1) is 8.93. The topological polar surface area (TPSA) is 81.4 Å². The summed E-state index contributed by atoms with van der Waals surface area (Å²) in [5.41, 5.74) is 5.13. The number of rotatable bonds is 6. The number of carbonyl (C=O) groups is 2. The van der Waals surface area contributed by atoms with Crippen LogP contribution in [0.5, 0.6) is 0 Å². The molecule has 2 amide bonds. The molecule has 19 heavy (non-hydrogen) atoms. The predicted molar refractivity (Wildman–Crippen MR) is 73.4 cm³/mol. The van der Waals surface area contributed by atoms with E-state index in [1.807, 2.05) is 6.92 Å². The first-order valence-electron chi connectivity index (χ1n) is 7.19. The van der Waals surface area contributed by atoms with Gasteiger partial charge in [0, 0.05) is 0 Å². The first kappa shape index (κ1) is 16.0. The third-order valence-electron chi connectivity index (χ3n) is 3.69. The SMILES string of the molecule is CC[C@H](O[C@@H]1CCC[C@H](C)C1)C(=O)N[C@@H](C)C(N)=O. The highest BCUT2D eigenvalue weighted by molar-refractivity contribution is 5.88. The lowest BCUT2D eigenvalue weighted by Crippen LogP contribution is -2.47. The van der Waals surface area contributed by atoms with E-state index in [1.54, 1.807) is 6.92 Å². The third kappa shape index (κ3) is 5.19. The average Bonchev–Trinajstić information content (AvgIpc) is 2.35. The van der Waals surface area contributed by atoms with Gasteiger partial charge in [0.2, 0.25) is 11.8 Å². The van der Waals surface area contributed by atoms with Gasteiger partial charge in [-0.1, -0.05) is 26.7 Å². The minimum absolute atomic E-state index is 0.156.